The summed E-state index contributed by atoms with van der Waals surface area (Å²) in [5.74, 6) is -0.279. The molecule has 0 aromatic heterocycles. The van der Waals surface area contributed by atoms with Crippen LogP contribution < -0.4 is 11.1 Å². The SMILES string of the molecule is CCNCCCCC(C(N)=O)(c1ccccc1)c1ccccc1. The fourth-order valence-electron chi connectivity index (χ4n) is 3.13. The number of hydrogen-bond acceptors (Lipinski definition) is 2. The molecule has 23 heavy (non-hydrogen) atoms. The molecule has 2 aromatic rings. The van der Waals surface area contributed by atoms with Crippen molar-refractivity contribution in [2.24, 2.45) is 5.73 Å². The van der Waals surface area contributed by atoms with Crippen molar-refractivity contribution in [1.29, 1.82) is 0 Å². The van der Waals surface area contributed by atoms with Gasteiger partial charge in [0.05, 0.1) is 5.41 Å². The maximum atomic E-state index is 12.5. The smallest absolute Gasteiger partial charge is 0.232 e. The zero-order valence-electron chi connectivity index (χ0n) is 13.8. The molecule has 3 nitrogen and oxygen atoms in total. The van der Waals surface area contributed by atoms with Crippen molar-refractivity contribution < 1.29 is 4.79 Å². The lowest BCUT2D eigenvalue weighted by atomic mass is 9.70. The molecule has 0 radical (unpaired) electrons. The zero-order valence-corrected chi connectivity index (χ0v) is 13.8. The highest BCUT2D eigenvalue weighted by molar-refractivity contribution is 5.90. The van der Waals surface area contributed by atoms with Crippen LogP contribution in [0.3, 0.4) is 0 Å². The minimum absolute atomic E-state index is 0.279. The Morgan fingerprint density at radius 1 is 0.957 bits per heavy atom. The van der Waals surface area contributed by atoms with Gasteiger partial charge in [-0.15, -0.1) is 0 Å². The van der Waals surface area contributed by atoms with Crippen LogP contribution in [-0.2, 0) is 10.2 Å². The fourth-order valence-corrected chi connectivity index (χ4v) is 3.13. The summed E-state index contributed by atoms with van der Waals surface area (Å²) in [6.07, 6.45) is 2.70. The lowest BCUT2D eigenvalue weighted by Crippen LogP contribution is -2.42. The quantitative estimate of drug-likeness (QED) is 0.699. The molecule has 3 N–H and O–H groups in total. The maximum Gasteiger partial charge on any atom is 0.232 e. The third-order valence-electron chi connectivity index (χ3n) is 4.36. The maximum absolute atomic E-state index is 12.5. The van der Waals surface area contributed by atoms with E-state index in [4.69, 9.17) is 5.73 Å². The summed E-state index contributed by atoms with van der Waals surface area (Å²) in [5.41, 5.74) is 7.12. The van der Waals surface area contributed by atoms with Crippen molar-refractivity contribution in [1.82, 2.24) is 5.32 Å². The standard InChI is InChI=1S/C20H26N2O/c1-2-22-16-10-9-15-20(19(21)23,17-11-5-3-6-12-17)18-13-7-4-8-14-18/h3-8,11-14,22H,2,9-10,15-16H2,1H3,(H2,21,23). The van der Waals surface area contributed by atoms with Crippen LogP contribution in [0.4, 0.5) is 0 Å². The molecule has 0 bridgehead atoms. The molecule has 0 aliphatic rings. The van der Waals surface area contributed by atoms with Crippen molar-refractivity contribution in [3.8, 4) is 0 Å². The highest BCUT2D eigenvalue weighted by atomic mass is 16.1. The number of unbranched alkanes of at least 4 members (excludes halogenated alkanes) is 1. The van der Waals surface area contributed by atoms with Gasteiger partial charge in [-0.2, -0.15) is 0 Å². The number of carbonyl (C=O) groups is 1. The van der Waals surface area contributed by atoms with E-state index in [9.17, 15) is 4.79 Å². The number of primary amides is 1. The van der Waals surface area contributed by atoms with Crippen LogP contribution in [0.15, 0.2) is 60.7 Å². The van der Waals surface area contributed by atoms with Crippen LogP contribution in [0.25, 0.3) is 0 Å². The Morgan fingerprint density at radius 3 is 1.91 bits per heavy atom. The van der Waals surface area contributed by atoms with Gasteiger partial charge in [0.2, 0.25) is 5.91 Å². The Labute approximate surface area is 138 Å². The monoisotopic (exact) mass is 310 g/mol. The second kappa shape index (κ2) is 8.49. The second-order valence-corrected chi connectivity index (χ2v) is 5.81. The molecule has 3 heteroatoms. The third-order valence-corrected chi connectivity index (χ3v) is 4.36. The predicted octanol–water partition coefficient (Wildman–Crippen LogP) is 3.24. The van der Waals surface area contributed by atoms with Crippen molar-refractivity contribution in [3.05, 3.63) is 71.8 Å². The lowest BCUT2D eigenvalue weighted by molar-refractivity contribution is -0.122. The lowest BCUT2D eigenvalue weighted by Gasteiger charge is -2.32. The molecule has 0 saturated heterocycles. The average molecular weight is 310 g/mol. The van der Waals surface area contributed by atoms with E-state index in [-0.39, 0.29) is 5.91 Å². The Morgan fingerprint density at radius 2 is 1.48 bits per heavy atom. The van der Waals surface area contributed by atoms with E-state index < -0.39 is 5.41 Å². The number of hydrogen-bond donors (Lipinski definition) is 2. The Balaban J connectivity index is 2.34. The highest BCUT2D eigenvalue weighted by Crippen LogP contribution is 2.37. The van der Waals surface area contributed by atoms with Crippen LogP contribution in [0.2, 0.25) is 0 Å². The van der Waals surface area contributed by atoms with E-state index in [0.29, 0.717) is 0 Å². The molecule has 0 aliphatic carbocycles. The summed E-state index contributed by atoms with van der Waals surface area (Å²) in [5, 5.41) is 3.33. The summed E-state index contributed by atoms with van der Waals surface area (Å²) in [6.45, 7) is 4.04. The van der Waals surface area contributed by atoms with Gasteiger partial charge in [-0.1, -0.05) is 74.0 Å². The number of rotatable bonds is 9. The van der Waals surface area contributed by atoms with E-state index in [2.05, 4.69) is 12.2 Å². The predicted molar refractivity (Wildman–Crippen MR) is 95.3 cm³/mol. The Hall–Kier alpha value is -2.13. The van der Waals surface area contributed by atoms with E-state index in [0.717, 1.165) is 43.5 Å². The topological polar surface area (TPSA) is 55.1 Å². The average Bonchev–Trinajstić information content (AvgIpc) is 2.59. The first-order valence-corrected chi connectivity index (χ1v) is 8.33. The minimum atomic E-state index is -0.755. The summed E-state index contributed by atoms with van der Waals surface area (Å²) < 4.78 is 0. The van der Waals surface area contributed by atoms with Gasteiger partial charge in [0.1, 0.15) is 0 Å². The molecule has 2 aromatic carbocycles. The number of carbonyl (C=O) groups excluding carboxylic acids is 1. The first-order valence-electron chi connectivity index (χ1n) is 8.33. The molecule has 0 spiro atoms. The number of nitrogens with two attached hydrogens (primary N) is 1. The van der Waals surface area contributed by atoms with Gasteiger partial charge < -0.3 is 11.1 Å². The number of benzene rings is 2. The molecule has 1 amide bonds. The Bertz CT molecular complexity index is 556. The zero-order chi connectivity index (χ0) is 16.5. The van der Waals surface area contributed by atoms with Crippen molar-refractivity contribution in [2.45, 2.75) is 31.6 Å². The molecule has 0 unspecified atom stereocenters. The molecule has 0 heterocycles. The number of amides is 1. The molecule has 122 valence electrons. The molecular formula is C20H26N2O. The fraction of sp³-hybridized carbons (Fsp3) is 0.350. The van der Waals surface area contributed by atoms with Gasteiger partial charge in [0.15, 0.2) is 0 Å². The first kappa shape index (κ1) is 17.2. The van der Waals surface area contributed by atoms with Crippen LogP contribution in [0.5, 0.6) is 0 Å². The summed E-state index contributed by atoms with van der Waals surface area (Å²) in [4.78, 5) is 12.5. The number of nitrogens with one attached hydrogen (secondary N) is 1. The van der Waals surface area contributed by atoms with Gasteiger partial charge in [0.25, 0.3) is 0 Å². The first-order chi connectivity index (χ1) is 11.2. The summed E-state index contributed by atoms with van der Waals surface area (Å²) >= 11 is 0. The van der Waals surface area contributed by atoms with Crippen LogP contribution in [0.1, 0.15) is 37.3 Å². The van der Waals surface area contributed by atoms with Crippen LogP contribution >= 0.6 is 0 Å². The molecule has 0 aliphatic heterocycles. The van der Waals surface area contributed by atoms with Crippen molar-refractivity contribution >= 4 is 5.91 Å². The van der Waals surface area contributed by atoms with Gasteiger partial charge in [-0.25, -0.2) is 0 Å². The Kier molecular flexibility index (Phi) is 6.36. The molecule has 0 saturated carbocycles. The van der Waals surface area contributed by atoms with E-state index in [1.165, 1.54) is 0 Å². The molecule has 0 atom stereocenters. The van der Waals surface area contributed by atoms with E-state index in [1.54, 1.807) is 0 Å². The van der Waals surface area contributed by atoms with Crippen LogP contribution in [0, 0.1) is 0 Å². The minimum Gasteiger partial charge on any atom is -0.369 e. The summed E-state index contributed by atoms with van der Waals surface area (Å²) in [7, 11) is 0. The van der Waals surface area contributed by atoms with Gasteiger partial charge in [-0.05, 0) is 37.1 Å². The van der Waals surface area contributed by atoms with E-state index in [1.807, 2.05) is 60.7 Å². The van der Waals surface area contributed by atoms with Gasteiger partial charge in [-0.3, -0.25) is 4.79 Å². The molecule has 2 rings (SSSR count). The van der Waals surface area contributed by atoms with Crippen molar-refractivity contribution in [2.75, 3.05) is 13.1 Å². The third kappa shape index (κ3) is 3.99. The molecular weight excluding hydrogens is 284 g/mol. The van der Waals surface area contributed by atoms with Crippen molar-refractivity contribution in [3.63, 3.8) is 0 Å². The summed E-state index contributed by atoms with van der Waals surface area (Å²) in [6, 6.07) is 19.8. The van der Waals surface area contributed by atoms with Crippen LogP contribution in [-0.4, -0.2) is 19.0 Å². The van der Waals surface area contributed by atoms with Gasteiger partial charge >= 0.3 is 0 Å². The largest absolute Gasteiger partial charge is 0.369 e. The van der Waals surface area contributed by atoms with E-state index >= 15 is 0 Å². The van der Waals surface area contributed by atoms with Gasteiger partial charge in [0, 0.05) is 0 Å². The normalized spacial score (nSPS) is 11.3. The second-order valence-electron chi connectivity index (χ2n) is 5.81. The highest BCUT2D eigenvalue weighted by Gasteiger charge is 2.39. The molecule has 0 fully saturated rings.